The van der Waals surface area contributed by atoms with Crippen molar-refractivity contribution < 1.29 is 9.53 Å². The molecule has 0 N–H and O–H groups in total. The number of methoxy groups -OCH3 is 1. The first-order valence-electron chi connectivity index (χ1n) is 12.8. The Morgan fingerprint density at radius 2 is 1.56 bits per heavy atom. The lowest BCUT2D eigenvalue weighted by Gasteiger charge is -2.24. The molecule has 1 heterocycles. The lowest BCUT2D eigenvalue weighted by molar-refractivity contribution is -0.132. The summed E-state index contributed by atoms with van der Waals surface area (Å²) in [7, 11) is 1.69. The summed E-state index contributed by atoms with van der Waals surface area (Å²) in [4.78, 5) is 15.3. The molecule has 0 aliphatic carbocycles. The largest absolute Gasteiger partial charge is 0.497 e. The Bertz CT molecular complexity index is 980. The number of hydrogen-bond acceptors (Lipinski definition) is 2. The van der Waals surface area contributed by atoms with Crippen LogP contribution in [0.3, 0.4) is 0 Å². The molecular formula is C30H40N2O2. The van der Waals surface area contributed by atoms with E-state index in [1.165, 1.54) is 43.2 Å². The highest BCUT2D eigenvalue weighted by Crippen LogP contribution is 2.18. The van der Waals surface area contributed by atoms with Crippen LogP contribution >= 0.6 is 0 Å². The quantitative estimate of drug-likeness (QED) is 0.224. The number of hydrogen-bond donors (Lipinski definition) is 0. The molecule has 182 valence electrons. The highest BCUT2D eigenvalue weighted by Gasteiger charge is 2.16. The maximum absolute atomic E-state index is 13.3. The summed E-state index contributed by atoms with van der Waals surface area (Å²) in [5.74, 6) is 1.10. The number of unbranched alkanes of at least 4 members (excludes halogenated alkanes) is 6. The number of rotatable bonds is 15. The summed E-state index contributed by atoms with van der Waals surface area (Å²) in [5.41, 5.74) is 3.49. The van der Waals surface area contributed by atoms with Crippen molar-refractivity contribution in [2.75, 3.05) is 7.11 Å². The van der Waals surface area contributed by atoms with Gasteiger partial charge >= 0.3 is 0 Å². The third-order valence-corrected chi connectivity index (χ3v) is 6.33. The van der Waals surface area contributed by atoms with Crippen molar-refractivity contribution >= 4 is 5.91 Å². The summed E-state index contributed by atoms with van der Waals surface area (Å²) in [6.07, 6.45) is 11.2. The molecule has 0 radical (unpaired) electrons. The molecular weight excluding hydrogens is 420 g/mol. The SMILES string of the molecule is CCCCCCCCCC(=O)N(Cc1ccccc1)Cc1cccn1Cc1cccc(OC)c1. The Kier molecular flexibility index (Phi) is 10.8. The smallest absolute Gasteiger partial charge is 0.223 e. The minimum atomic E-state index is 0.242. The van der Waals surface area contributed by atoms with E-state index in [2.05, 4.69) is 54.1 Å². The summed E-state index contributed by atoms with van der Waals surface area (Å²) in [6, 6.07) is 22.7. The molecule has 4 nitrogen and oxygen atoms in total. The number of nitrogens with zero attached hydrogens (tertiary/aromatic N) is 2. The van der Waals surface area contributed by atoms with Crippen molar-refractivity contribution in [3.63, 3.8) is 0 Å². The predicted octanol–water partition coefficient (Wildman–Crippen LogP) is 7.21. The molecule has 0 atom stereocenters. The van der Waals surface area contributed by atoms with Crippen LogP contribution in [0.4, 0.5) is 0 Å². The Labute approximate surface area is 205 Å². The van der Waals surface area contributed by atoms with E-state index in [4.69, 9.17) is 4.74 Å². The summed E-state index contributed by atoms with van der Waals surface area (Å²) < 4.78 is 7.61. The van der Waals surface area contributed by atoms with Gasteiger partial charge in [-0.25, -0.2) is 0 Å². The van der Waals surface area contributed by atoms with Gasteiger partial charge in [0.1, 0.15) is 5.75 Å². The van der Waals surface area contributed by atoms with E-state index in [1.54, 1.807) is 7.11 Å². The van der Waals surface area contributed by atoms with Gasteiger partial charge in [0.05, 0.1) is 13.7 Å². The number of carbonyl (C=O) groups is 1. The molecule has 2 aromatic carbocycles. The maximum atomic E-state index is 13.3. The Hall–Kier alpha value is -3.01. The van der Waals surface area contributed by atoms with Gasteiger partial charge in [-0.2, -0.15) is 0 Å². The van der Waals surface area contributed by atoms with E-state index >= 15 is 0 Å². The molecule has 34 heavy (non-hydrogen) atoms. The van der Waals surface area contributed by atoms with Gasteiger partial charge < -0.3 is 14.2 Å². The van der Waals surface area contributed by atoms with Crippen molar-refractivity contribution in [1.82, 2.24) is 9.47 Å². The Morgan fingerprint density at radius 3 is 2.32 bits per heavy atom. The zero-order valence-electron chi connectivity index (χ0n) is 20.9. The molecule has 0 aliphatic rings. The fourth-order valence-electron chi connectivity index (χ4n) is 4.34. The monoisotopic (exact) mass is 460 g/mol. The molecule has 0 aliphatic heterocycles. The van der Waals surface area contributed by atoms with Crippen molar-refractivity contribution in [3.05, 3.63) is 89.7 Å². The van der Waals surface area contributed by atoms with Crippen LogP contribution in [0.2, 0.25) is 0 Å². The topological polar surface area (TPSA) is 34.5 Å². The van der Waals surface area contributed by atoms with Gasteiger partial charge in [-0.3, -0.25) is 4.79 Å². The molecule has 0 fully saturated rings. The summed E-state index contributed by atoms with van der Waals surface area (Å²) in [5, 5.41) is 0. The van der Waals surface area contributed by atoms with Crippen LogP contribution in [0.5, 0.6) is 5.75 Å². The summed E-state index contributed by atoms with van der Waals surface area (Å²) in [6.45, 7) is 4.25. The number of carbonyl (C=O) groups excluding carboxylic acids is 1. The number of aromatic nitrogens is 1. The van der Waals surface area contributed by atoms with E-state index in [1.807, 2.05) is 35.2 Å². The molecule has 0 spiro atoms. The normalized spacial score (nSPS) is 10.9. The predicted molar refractivity (Wildman–Crippen MR) is 140 cm³/mol. The lowest BCUT2D eigenvalue weighted by Crippen LogP contribution is -2.30. The number of ether oxygens (including phenoxy) is 1. The van der Waals surface area contributed by atoms with Crippen molar-refractivity contribution in [2.45, 2.75) is 77.9 Å². The van der Waals surface area contributed by atoms with Gasteiger partial charge in [-0.05, 0) is 41.8 Å². The average Bonchev–Trinajstić information content (AvgIpc) is 3.30. The van der Waals surface area contributed by atoms with Crippen molar-refractivity contribution in [3.8, 4) is 5.75 Å². The Balaban J connectivity index is 1.63. The lowest BCUT2D eigenvalue weighted by atomic mass is 10.1. The van der Waals surface area contributed by atoms with Gasteiger partial charge in [-0.15, -0.1) is 0 Å². The standard InChI is InChI=1S/C30H40N2O2/c1-3-4-5-6-7-8-12-20-30(33)32(23-26-15-10-9-11-16-26)25-28-18-14-21-31(28)24-27-17-13-19-29(22-27)34-2/h9-11,13-19,21-22H,3-8,12,20,23-25H2,1-2H3. The Morgan fingerprint density at radius 1 is 0.824 bits per heavy atom. The highest BCUT2D eigenvalue weighted by atomic mass is 16.5. The maximum Gasteiger partial charge on any atom is 0.223 e. The molecule has 0 saturated heterocycles. The number of amides is 1. The first-order valence-corrected chi connectivity index (χ1v) is 12.8. The van der Waals surface area contributed by atoms with Gasteiger partial charge in [0, 0.05) is 31.4 Å². The van der Waals surface area contributed by atoms with Crippen LogP contribution in [-0.4, -0.2) is 22.5 Å². The fraction of sp³-hybridized carbons (Fsp3) is 0.433. The van der Waals surface area contributed by atoms with E-state index < -0.39 is 0 Å². The van der Waals surface area contributed by atoms with Crippen LogP contribution in [0, 0.1) is 0 Å². The van der Waals surface area contributed by atoms with Crippen LogP contribution in [-0.2, 0) is 24.4 Å². The highest BCUT2D eigenvalue weighted by molar-refractivity contribution is 5.76. The fourth-order valence-corrected chi connectivity index (χ4v) is 4.34. The first kappa shape index (κ1) is 25.6. The second-order valence-electron chi connectivity index (χ2n) is 9.09. The van der Waals surface area contributed by atoms with Gasteiger partial charge in [0.25, 0.3) is 0 Å². The van der Waals surface area contributed by atoms with Gasteiger partial charge in [-0.1, -0.05) is 87.9 Å². The molecule has 3 rings (SSSR count). The molecule has 0 unspecified atom stereocenters. The van der Waals surface area contributed by atoms with E-state index in [9.17, 15) is 4.79 Å². The second-order valence-corrected chi connectivity index (χ2v) is 9.09. The minimum absolute atomic E-state index is 0.242. The van der Waals surface area contributed by atoms with Crippen LogP contribution in [0.1, 0.15) is 75.1 Å². The van der Waals surface area contributed by atoms with Crippen LogP contribution < -0.4 is 4.74 Å². The molecule has 1 aromatic heterocycles. The van der Waals surface area contributed by atoms with Gasteiger partial charge in [0.2, 0.25) is 5.91 Å². The van der Waals surface area contributed by atoms with Crippen LogP contribution in [0.25, 0.3) is 0 Å². The van der Waals surface area contributed by atoms with E-state index in [0.717, 1.165) is 30.8 Å². The molecule has 3 aromatic rings. The average molecular weight is 461 g/mol. The van der Waals surface area contributed by atoms with Crippen molar-refractivity contribution in [2.24, 2.45) is 0 Å². The third kappa shape index (κ3) is 8.40. The summed E-state index contributed by atoms with van der Waals surface area (Å²) >= 11 is 0. The van der Waals surface area contributed by atoms with E-state index in [-0.39, 0.29) is 5.91 Å². The molecule has 0 saturated carbocycles. The van der Waals surface area contributed by atoms with Crippen molar-refractivity contribution in [1.29, 1.82) is 0 Å². The molecule has 0 bridgehead atoms. The van der Waals surface area contributed by atoms with Gasteiger partial charge in [0.15, 0.2) is 0 Å². The van der Waals surface area contributed by atoms with E-state index in [0.29, 0.717) is 19.5 Å². The number of benzene rings is 2. The third-order valence-electron chi connectivity index (χ3n) is 6.33. The minimum Gasteiger partial charge on any atom is -0.497 e. The molecule has 1 amide bonds. The first-order chi connectivity index (χ1) is 16.7. The second kappa shape index (κ2) is 14.3. The zero-order chi connectivity index (χ0) is 24.0. The zero-order valence-corrected chi connectivity index (χ0v) is 20.9. The van der Waals surface area contributed by atoms with Crippen LogP contribution in [0.15, 0.2) is 72.9 Å². The molecule has 4 heteroatoms.